The van der Waals surface area contributed by atoms with Gasteiger partial charge in [0.05, 0.1) is 12.1 Å². The van der Waals surface area contributed by atoms with Crippen LogP contribution in [0.3, 0.4) is 0 Å². The molecule has 1 fully saturated rings. The average Bonchev–Trinajstić information content (AvgIpc) is 3.07. The molecular formula is C29H29F2N3O4. The molecule has 1 saturated heterocycles. The van der Waals surface area contributed by atoms with Gasteiger partial charge in [-0.05, 0) is 54.5 Å². The van der Waals surface area contributed by atoms with Crippen LogP contribution in [0.2, 0.25) is 0 Å². The molecule has 3 aromatic rings. The summed E-state index contributed by atoms with van der Waals surface area (Å²) in [5, 5.41) is 13.7. The van der Waals surface area contributed by atoms with E-state index in [0.717, 1.165) is 23.3 Å². The van der Waals surface area contributed by atoms with Crippen molar-refractivity contribution in [3.63, 3.8) is 0 Å². The summed E-state index contributed by atoms with van der Waals surface area (Å²) in [5.74, 6) is -4.95. The van der Waals surface area contributed by atoms with Crippen molar-refractivity contribution in [3.05, 3.63) is 107 Å². The van der Waals surface area contributed by atoms with Crippen LogP contribution >= 0.6 is 0 Å². The van der Waals surface area contributed by atoms with Gasteiger partial charge in [-0.25, -0.2) is 8.78 Å². The number of benzene rings is 3. The second-order valence-electron chi connectivity index (χ2n) is 9.51. The molecule has 0 radical (unpaired) electrons. The van der Waals surface area contributed by atoms with E-state index < -0.39 is 53.6 Å². The molecule has 3 amide bonds. The summed E-state index contributed by atoms with van der Waals surface area (Å²) in [6.07, 6.45) is -1.55. The normalized spacial score (nSPS) is 21.1. The third-order valence-electron chi connectivity index (χ3n) is 6.73. The lowest BCUT2D eigenvalue weighted by molar-refractivity contribution is -0.158. The molecule has 4 N–H and O–H groups in total. The molecule has 0 spiro atoms. The number of halogens is 2. The van der Waals surface area contributed by atoms with Crippen LogP contribution in [0.4, 0.5) is 8.78 Å². The van der Waals surface area contributed by atoms with E-state index in [1.807, 2.05) is 60.7 Å². The summed E-state index contributed by atoms with van der Waals surface area (Å²) in [4.78, 5) is 41.1. The number of aliphatic hydroxyl groups is 1. The predicted octanol–water partition coefficient (Wildman–Crippen LogP) is 3.50. The Labute approximate surface area is 219 Å². The number of hydrogen-bond acceptors (Lipinski definition) is 5. The fourth-order valence-electron chi connectivity index (χ4n) is 4.85. The molecule has 9 heteroatoms. The molecule has 0 aromatic heterocycles. The highest BCUT2D eigenvalue weighted by Gasteiger charge is 2.43. The number of amides is 3. The first-order valence-corrected chi connectivity index (χ1v) is 12.3. The maximum atomic E-state index is 13.8. The van der Waals surface area contributed by atoms with Crippen LogP contribution < -0.4 is 11.1 Å². The minimum absolute atomic E-state index is 0.0631. The number of imide groups is 1. The Bertz CT molecular complexity index is 1280. The van der Waals surface area contributed by atoms with Gasteiger partial charge < -0.3 is 16.2 Å². The molecule has 0 bridgehead atoms. The molecule has 5 atom stereocenters. The van der Waals surface area contributed by atoms with E-state index in [9.17, 15) is 28.3 Å². The first kappa shape index (κ1) is 27.1. The summed E-state index contributed by atoms with van der Waals surface area (Å²) in [7, 11) is 0. The molecule has 7 nitrogen and oxygen atoms in total. The van der Waals surface area contributed by atoms with Crippen molar-refractivity contribution in [2.45, 2.75) is 49.9 Å². The van der Waals surface area contributed by atoms with E-state index in [0.29, 0.717) is 17.4 Å². The lowest BCUT2D eigenvalue weighted by Crippen LogP contribution is -2.56. The van der Waals surface area contributed by atoms with Gasteiger partial charge in [-0.3, -0.25) is 19.3 Å². The molecule has 0 aliphatic carbocycles. The monoisotopic (exact) mass is 521 g/mol. The van der Waals surface area contributed by atoms with Crippen LogP contribution in [0, 0.1) is 11.6 Å². The molecule has 1 aliphatic rings. The molecule has 0 unspecified atom stereocenters. The minimum atomic E-state index is -2.10. The zero-order valence-electron chi connectivity index (χ0n) is 20.8. The van der Waals surface area contributed by atoms with E-state index in [4.69, 9.17) is 5.73 Å². The second-order valence-corrected chi connectivity index (χ2v) is 9.51. The number of nitrogens with two attached hydrogens (primary N) is 1. The second kappa shape index (κ2) is 11.6. The first-order chi connectivity index (χ1) is 18.2. The molecule has 198 valence electrons. The Morgan fingerprint density at radius 3 is 2.03 bits per heavy atom. The van der Waals surface area contributed by atoms with Crippen molar-refractivity contribution in [2.75, 3.05) is 0 Å². The molecule has 4 rings (SSSR count). The van der Waals surface area contributed by atoms with E-state index in [1.54, 1.807) is 0 Å². The number of carbonyl (C=O) groups is 3. The quantitative estimate of drug-likeness (QED) is 0.460. The third kappa shape index (κ3) is 5.95. The highest BCUT2D eigenvalue weighted by atomic mass is 19.1. The lowest BCUT2D eigenvalue weighted by atomic mass is 9.86. The van der Waals surface area contributed by atoms with Gasteiger partial charge in [0, 0.05) is 6.07 Å². The molecule has 1 heterocycles. The maximum absolute atomic E-state index is 13.8. The van der Waals surface area contributed by atoms with E-state index in [1.165, 1.54) is 6.92 Å². The number of nitrogens with one attached hydrogen (secondary N) is 1. The SMILES string of the molecule is C[C@H](N)C(=O)N(C(=O)[C@H](O)c1cc(F)cc(F)c1)[C@H]1C[C@H](c2ccccc2)C[C@@H](c2ccccc2)NC1=O. The Kier molecular flexibility index (Phi) is 8.29. The van der Waals surface area contributed by atoms with Crippen molar-refractivity contribution in [2.24, 2.45) is 5.73 Å². The fourth-order valence-corrected chi connectivity index (χ4v) is 4.85. The number of aliphatic hydroxyl groups excluding tert-OH is 1. The number of nitrogens with zero attached hydrogens (tertiary/aromatic N) is 1. The van der Waals surface area contributed by atoms with Crippen molar-refractivity contribution in [3.8, 4) is 0 Å². The van der Waals surface area contributed by atoms with Crippen LogP contribution in [0.1, 0.15) is 54.5 Å². The maximum Gasteiger partial charge on any atom is 0.263 e. The minimum Gasteiger partial charge on any atom is -0.378 e. The van der Waals surface area contributed by atoms with Crippen LogP contribution in [0.25, 0.3) is 0 Å². The van der Waals surface area contributed by atoms with Gasteiger partial charge in [-0.1, -0.05) is 60.7 Å². The highest BCUT2D eigenvalue weighted by molar-refractivity contribution is 6.04. The van der Waals surface area contributed by atoms with Crippen molar-refractivity contribution < 1.29 is 28.3 Å². The Hall–Kier alpha value is -3.95. The summed E-state index contributed by atoms with van der Waals surface area (Å²) in [5.41, 5.74) is 7.22. The van der Waals surface area contributed by atoms with Gasteiger partial charge in [0.2, 0.25) is 11.8 Å². The van der Waals surface area contributed by atoms with Crippen LogP contribution in [-0.2, 0) is 14.4 Å². The summed E-state index contributed by atoms with van der Waals surface area (Å²) in [6, 6.07) is 18.0. The van der Waals surface area contributed by atoms with E-state index in [2.05, 4.69) is 5.32 Å². The zero-order chi connectivity index (χ0) is 27.4. The van der Waals surface area contributed by atoms with Crippen molar-refractivity contribution >= 4 is 17.7 Å². The third-order valence-corrected chi connectivity index (χ3v) is 6.73. The molecule has 3 aromatic carbocycles. The summed E-state index contributed by atoms with van der Waals surface area (Å²) < 4.78 is 27.7. The van der Waals surface area contributed by atoms with Crippen LogP contribution in [0.5, 0.6) is 0 Å². The molecule has 0 saturated carbocycles. The lowest BCUT2D eigenvalue weighted by Gasteiger charge is -2.32. The highest BCUT2D eigenvalue weighted by Crippen LogP contribution is 2.36. The molecule has 38 heavy (non-hydrogen) atoms. The predicted molar refractivity (Wildman–Crippen MR) is 136 cm³/mol. The molecule has 1 aliphatic heterocycles. The van der Waals surface area contributed by atoms with Crippen molar-refractivity contribution in [1.82, 2.24) is 10.2 Å². The standard InChI is InChI=1S/C29H29F2N3O4/c1-17(32)28(37)34(29(38)26(35)21-12-22(30)16-23(31)13-21)25-15-20(18-8-4-2-5-9-18)14-24(33-27(25)36)19-10-6-3-7-11-19/h2-13,16-17,20,24-26,35H,14-15,32H2,1H3,(H,33,36)/t17-,20+,24-,25-,26+/m0/s1. The van der Waals surface area contributed by atoms with Crippen LogP contribution in [-0.4, -0.2) is 39.8 Å². The Morgan fingerprint density at radius 2 is 1.47 bits per heavy atom. The van der Waals surface area contributed by atoms with E-state index in [-0.39, 0.29) is 17.9 Å². The van der Waals surface area contributed by atoms with E-state index >= 15 is 0 Å². The number of carbonyl (C=O) groups excluding carboxylic acids is 3. The Morgan fingerprint density at radius 1 is 0.921 bits per heavy atom. The topological polar surface area (TPSA) is 113 Å². The average molecular weight is 522 g/mol. The van der Waals surface area contributed by atoms with Gasteiger partial charge in [-0.15, -0.1) is 0 Å². The number of hydrogen-bond donors (Lipinski definition) is 3. The van der Waals surface area contributed by atoms with Gasteiger partial charge in [0.25, 0.3) is 5.91 Å². The van der Waals surface area contributed by atoms with Gasteiger partial charge in [0.15, 0.2) is 6.10 Å². The fraction of sp³-hybridized carbons (Fsp3) is 0.276. The van der Waals surface area contributed by atoms with Gasteiger partial charge in [0.1, 0.15) is 17.7 Å². The molecular weight excluding hydrogens is 492 g/mol. The Balaban J connectivity index is 1.75. The largest absolute Gasteiger partial charge is 0.378 e. The smallest absolute Gasteiger partial charge is 0.263 e. The first-order valence-electron chi connectivity index (χ1n) is 12.3. The van der Waals surface area contributed by atoms with Crippen LogP contribution in [0.15, 0.2) is 78.9 Å². The number of rotatable bonds is 6. The summed E-state index contributed by atoms with van der Waals surface area (Å²) in [6.45, 7) is 1.35. The van der Waals surface area contributed by atoms with Crippen molar-refractivity contribution in [1.29, 1.82) is 0 Å². The van der Waals surface area contributed by atoms with Gasteiger partial charge >= 0.3 is 0 Å². The summed E-state index contributed by atoms with van der Waals surface area (Å²) >= 11 is 0. The zero-order valence-corrected chi connectivity index (χ0v) is 20.8. The van der Waals surface area contributed by atoms with Gasteiger partial charge in [-0.2, -0.15) is 0 Å².